The number of amides is 3. The molecule has 0 saturated heterocycles. The Morgan fingerprint density at radius 3 is 2.38 bits per heavy atom. The second kappa shape index (κ2) is 12.8. The van der Waals surface area contributed by atoms with Crippen LogP contribution in [0.2, 0.25) is 0 Å². The predicted octanol–water partition coefficient (Wildman–Crippen LogP) is 5.34. The molecule has 0 bridgehead atoms. The number of esters is 1. The molecule has 2 saturated carbocycles. The maximum atomic E-state index is 13.1. The number of rotatable bonds is 8. The molecule has 2 aliphatic carbocycles. The van der Waals surface area contributed by atoms with Crippen LogP contribution in [0.25, 0.3) is 10.2 Å². The normalized spacial score (nSPS) is 19.8. The molecule has 1 aromatic carbocycles. The van der Waals surface area contributed by atoms with Crippen LogP contribution in [0, 0.1) is 6.92 Å². The van der Waals surface area contributed by atoms with Crippen molar-refractivity contribution in [3.8, 4) is 0 Å². The zero-order valence-electron chi connectivity index (χ0n) is 23.4. The van der Waals surface area contributed by atoms with E-state index < -0.39 is 5.97 Å². The summed E-state index contributed by atoms with van der Waals surface area (Å²) in [5.41, 5.74) is 1.89. The minimum absolute atomic E-state index is 0.0110. The molecule has 40 heavy (non-hydrogen) atoms. The lowest BCUT2D eigenvalue weighted by atomic mass is 9.91. The van der Waals surface area contributed by atoms with E-state index in [1.807, 2.05) is 43.3 Å². The van der Waals surface area contributed by atoms with E-state index in [-0.39, 0.29) is 37.2 Å². The lowest BCUT2D eigenvalue weighted by molar-refractivity contribution is -0.145. The van der Waals surface area contributed by atoms with Gasteiger partial charge < -0.3 is 20.3 Å². The van der Waals surface area contributed by atoms with E-state index in [0.29, 0.717) is 6.04 Å². The van der Waals surface area contributed by atoms with E-state index in [2.05, 4.69) is 15.3 Å². The third kappa shape index (κ3) is 6.83. The Labute approximate surface area is 239 Å². The molecular weight excluding hydrogens is 526 g/mol. The van der Waals surface area contributed by atoms with Gasteiger partial charge in [0, 0.05) is 24.5 Å². The molecule has 214 valence electrons. The molecule has 5 rings (SSSR count). The molecule has 0 radical (unpaired) electrons. The first kappa shape index (κ1) is 28.1. The molecule has 0 aliphatic heterocycles. The van der Waals surface area contributed by atoms with Gasteiger partial charge in [0.1, 0.15) is 18.0 Å². The van der Waals surface area contributed by atoms with E-state index in [0.717, 1.165) is 64.9 Å². The van der Waals surface area contributed by atoms with Crippen LogP contribution in [-0.2, 0) is 16.1 Å². The number of ether oxygens (including phenoxy) is 1. The van der Waals surface area contributed by atoms with Crippen molar-refractivity contribution in [2.24, 2.45) is 0 Å². The van der Waals surface area contributed by atoms with Gasteiger partial charge in [0.25, 0.3) is 5.91 Å². The van der Waals surface area contributed by atoms with Crippen LogP contribution in [-0.4, -0.2) is 58.3 Å². The summed E-state index contributed by atoms with van der Waals surface area (Å²) in [7, 11) is 1.59. The standard InChI is InChI=1S/C30H39N5O4S/c1-20-25-17-26(40-29(25)35(33-20)24-11-7-4-8-12-24)28(37)31-22-13-15-23(16-14-22)32-30(38)34(2)18-27(36)39-19-21-9-5-3-6-10-21/h3,5-6,9-10,17,22-24H,4,7-8,11-16,18-19H2,1-2H3,(H,31,37)(H,32,38). The number of hydrogen-bond donors (Lipinski definition) is 2. The predicted molar refractivity (Wildman–Crippen MR) is 155 cm³/mol. The Hall–Kier alpha value is -3.40. The van der Waals surface area contributed by atoms with Gasteiger partial charge in [-0.1, -0.05) is 49.6 Å². The number of nitrogens with one attached hydrogen (secondary N) is 2. The molecule has 2 fully saturated rings. The summed E-state index contributed by atoms with van der Waals surface area (Å²) in [6.07, 6.45) is 9.21. The molecule has 9 nitrogen and oxygen atoms in total. The van der Waals surface area contributed by atoms with Gasteiger partial charge in [-0.2, -0.15) is 5.10 Å². The van der Waals surface area contributed by atoms with E-state index in [4.69, 9.17) is 9.84 Å². The van der Waals surface area contributed by atoms with Gasteiger partial charge in [-0.3, -0.25) is 14.3 Å². The van der Waals surface area contributed by atoms with Gasteiger partial charge in [-0.15, -0.1) is 11.3 Å². The third-order valence-electron chi connectivity index (χ3n) is 8.06. The van der Waals surface area contributed by atoms with Gasteiger partial charge in [0.05, 0.1) is 16.6 Å². The number of carbonyl (C=O) groups excluding carboxylic acids is 3. The van der Waals surface area contributed by atoms with Crippen molar-refractivity contribution in [3.05, 3.63) is 52.5 Å². The maximum Gasteiger partial charge on any atom is 0.326 e. The number of nitrogens with zero attached hydrogens (tertiary/aromatic N) is 3. The second-order valence-corrected chi connectivity index (χ2v) is 12.2. The number of hydrogen-bond acceptors (Lipinski definition) is 6. The Bertz CT molecular complexity index is 1320. The smallest absolute Gasteiger partial charge is 0.326 e. The van der Waals surface area contributed by atoms with Gasteiger partial charge in [0.2, 0.25) is 0 Å². The quantitative estimate of drug-likeness (QED) is 0.359. The van der Waals surface area contributed by atoms with Crippen molar-refractivity contribution in [3.63, 3.8) is 0 Å². The van der Waals surface area contributed by atoms with E-state index in [9.17, 15) is 14.4 Å². The number of aromatic nitrogens is 2. The topological polar surface area (TPSA) is 106 Å². The Morgan fingerprint density at radius 1 is 1.00 bits per heavy atom. The average molecular weight is 566 g/mol. The first-order valence-electron chi connectivity index (χ1n) is 14.4. The van der Waals surface area contributed by atoms with Crippen LogP contribution in [0.4, 0.5) is 4.79 Å². The minimum atomic E-state index is -0.448. The summed E-state index contributed by atoms with van der Waals surface area (Å²) in [6.45, 7) is 2.10. The second-order valence-electron chi connectivity index (χ2n) is 11.1. The van der Waals surface area contributed by atoms with Crippen LogP contribution in [0.15, 0.2) is 36.4 Å². The minimum Gasteiger partial charge on any atom is -0.459 e. The monoisotopic (exact) mass is 565 g/mol. The highest BCUT2D eigenvalue weighted by atomic mass is 32.1. The number of likely N-dealkylation sites (N-methyl/N-ethyl adjacent to an activating group) is 1. The van der Waals surface area contributed by atoms with Crippen molar-refractivity contribution < 1.29 is 19.1 Å². The van der Waals surface area contributed by atoms with Gasteiger partial charge in [-0.05, 0) is 57.1 Å². The summed E-state index contributed by atoms with van der Waals surface area (Å²) < 4.78 is 7.45. The third-order valence-corrected chi connectivity index (χ3v) is 9.18. The van der Waals surface area contributed by atoms with Gasteiger partial charge in [-0.25, -0.2) is 4.79 Å². The molecule has 2 N–H and O–H groups in total. The summed E-state index contributed by atoms with van der Waals surface area (Å²) in [4.78, 5) is 41.1. The Morgan fingerprint density at radius 2 is 1.68 bits per heavy atom. The molecule has 0 atom stereocenters. The van der Waals surface area contributed by atoms with E-state index in [1.165, 1.54) is 24.2 Å². The molecule has 2 heterocycles. The lowest BCUT2D eigenvalue weighted by Gasteiger charge is -2.30. The molecule has 3 amide bonds. The maximum absolute atomic E-state index is 13.1. The summed E-state index contributed by atoms with van der Waals surface area (Å²) in [6, 6.07) is 11.7. The first-order valence-corrected chi connectivity index (χ1v) is 15.2. The van der Waals surface area contributed by atoms with Crippen molar-refractivity contribution in [2.45, 2.75) is 89.4 Å². The number of carbonyl (C=O) groups is 3. The molecule has 0 spiro atoms. The highest BCUT2D eigenvalue weighted by molar-refractivity contribution is 7.20. The van der Waals surface area contributed by atoms with Crippen LogP contribution in [0.5, 0.6) is 0 Å². The van der Waals surface area contributed by atoms with Crippen molar-refractivity contribution in [2.75, 3.05) is 13.6 Å². The number of benzene rings is 1. The molecule has 2 aliphatic rings. The van der Waals surface area contributed by atoms with Crippen molar-refractivity contribution in [1.29, 1.82) is 0 Å². The number of fused-ring (bicyclic) bond motifs is 1. The highest BCUT2D eigenvalue weighted by Gasteiger charge is 2.27. The fraction of sp³-hybridized carbons (Fsp3) is 0.533. The average Bonchev–Trinajstić information content (AvgIpc) is 3.54. The zero-order chi connectivity index (χ0) is 28.1. The van der Waals surface area contributed by atoms with Crippen LogP contribution >= 0.6 is 11.3 Å². The summed E-state index contributed by atoms with van der Waals surface area (Å²) in [5, 5.41) is 12.1. The Balaban J connectivity index is 1.06. The molecular formula is C30H39N5O4S. The molecule has 3 aromatic rings. The molecule has 10 heteroatoms. The number of aryl methyl sites for hydroxylation is 1. The van der Waals surface area contributed by atoms with Crippen LogP contribution < -0.4 is 10.6 Å². The molecule has 2 aromatic heterocycles. The number of thiophene rings is 1. The summed E-state index contributed by atoms with van der Waals surface area (Å²) >= 11 is 1.54. The fourth-order valence-electron chi connectivity index (χ4n) is 5.73. The zero-order valence-corrected chi connectivity index (χ0v) is 24.2. The van der Waals surface area contributed by atoms with Crippen LogP contribution in [0.3, 0.4) is 0 Å². The van der Waals surface area contributed by atoms with Crippen molar-refractivity contribution in [1.82, 2.24) is 25.3 Å². The SMILES string of the molecule is Cc1nn(C2CCCCC2)c2sc(C(=O)NC3CCC(NC(=O)N(C)CC(=O)OCc4ccccc4)CC3)cc12. The summed E-state index contributed by atoms with van der Waals surface area (Å²) in [5.74, 6) is -0.479. The molecule has 0 unspecified atom stereocenters. The first-order chi connectivity index (χ1) is 19.4. The van der Waals surface area contributed by atoms with Crippen LogP contribution in [0.1, 0.15) is 84.8 Å². The van der Waals surface area contributed by atoms with Crippen molar-refractivity contribution >= 4 is 39.5 Å². The fourth-order valence-corrected chi connectivity index (χ4v) is 6.87. The van der Waals surface area contributed by atoms with Gasteiger partial charge in [0.15, 0.2) is 0 Å². The lowest BCUT2D eigenvalue weighted by Crippen LogP contribution is -2.48. The number of urea groups is 1. The van der Waals surface area contributed by atoms with Gasteiger partial charge >= 0.3 is 12.0 Å². The van der Waals surface area contributed by atoms with E-state index >= 15 is 0 Å². The Kier molecular flexibility index (Phi) is 9.04. The largest absolute Gasteiger partial charge is 0.459 e. The highest BCUT2D eigenvalue weighted by Crippen LogP contribution is 2.35. The van der Waals surface area contributed by atoms with E-state index in [1.54, 1.807) is 18.4 Å².